The minimum absolute atomic E-state index is 0.0483. The highest BCUT2D eigenvalue weighted by atomic mass is 19.1. The first-order valence-corrected chi connectivity index (χ1v) is 6.15. The van der Waals surface area contributed by atoms with Crippen molar-refractivity contribution in [3.63, 3.8) is 0 Å². The molecule has 1 aromatic heterocycles. The molecule has 0 amide bonds. The second-order valence-corrected chi connectivity index (χ2v) is 4.50. The fraction of sp³-hybridized carbons (Fsp3) is 0.385. The zero-order chi connectivity index (χ0) is 13.2. The minimum atomic E-state index is -0.245. The number of aromatic nitrogens is 2. The molecule has 1 saturated heterocycles. The molecular formula is C13H14FN3O2. The molecule has 2 aromatic rings. The molecule has 1 atom stereocenters. The van der Waals surface area contributed by atoms with Crippen molar-refractivity contribution < 1.29 is 13.7 Å². The van der Waals surface area contributed by atoms with Gasteiger partial charge in [-0.15, -0.1) is 0 Å². The molecule has 19 heavy (non-hydrogen) atoms. The van der Waals surface area contributed by atoms with Gasteiger partial charge in [0.25, 0.3) is 5.89 Å². The zero-order valence-electron chi connectivity index (χ0n) is 10.5. The summed E-state index contributed by atoms with van der Waals surface area (Å²) in [6, 6.07) is 4.67. The van der Waals surface area contributed by atoms with E-state index in [4.69, 9.17) is 9.26 Å². The van der Waals surface area contributed by atoms with Crippen molar-refractivity contribution in [2.45, 2.75) is 13.0 Å². The Balaban J connectivity index is 1.85. The third-order valence-corrected chi connectivity index (χ3v) is 3.08. The molecule has 0 aliphatic carbocycles. The van der Waals surface area contributed by atoms with Crippen LogP contribution >= 0.6 is 0 Å². The summed E-state index contributed by atoms with van der Waals surface area (Å²) >= 11 is 0. The third-order valence-electron chi connectivity index (χ3n) is 3.08. The molecule has 0 bridgehead atoms. The van der Waals surface area contributed by atoms with Crippen LogP contribution in [0.3, 0.4) is 0 Å². The predicted molar refractivity (Wildman–Crippen MR) is 66.0 cm³/mol. The van der Waals surface area contributed by atoms with E-state index in [9.17, 15) is 4.39 Å². The lowest BCUT2D eigenvalue weighted by Gasteiger charge is -2.20. The van der Waals surface area contributed by atoms with Crippen molar-refractivity contribution in [1.29, 1.82) is 0 Å². The molecule has 3 rings (SSSR count). The number of rotatable bonds is 2. The lowest BCUT2D eigenvalue weighted by Crippen LogP contribution is -2.35. The number of nitrogens with zero attached hydrogens (tertiary/aromatic N) is 2. The zero-order valence-corrected chi connectivity index (χ0v) is 10.5. The molecule has 1 aliphatic rings. The van der Waals surface area contributed by atoms with Gasteiger partial charge in [0, 0.05) is 12.1 Å². The Labute approximate surface area is 109 Å². The fourth-order valence-corrected chi connectivity index (χ4v) is 2.00. The Bertz CT molecular complexity index is 579. The molecule has 1 fully saturated rings. The number of ether oxygens (including phenoxy) is 1. The fourth-order valence-electron chi connectivity index (χ4n) is 2.00. The van der Waals surface area contributed by atoms with E-state index in [-0.39, 0.29) is 11.9 Å². The Hall–Kier alpha value is -1.79. The Morgan fingerprint density at radius 3 is 3.05 bits per heavy atom. The van der Waals surface area contributed by atoms with E-state index in [0.29, 0.717) is 30.5 Å². The van der Waals surface area contributed by atoms with E-state index < -0.39 is 0 Å². The van der Waals surface area contributed by atoms with Gasteiger partial charge < -0.3 is 14.6 Å². The van der Waals surface area contributed by atoms with Gasteiger partial charge >= 0.3 is 0 Å². The van der Waals surface area contributed by atoms with Gasteiger partial charge in [0.15, 0.2) is 5.82 Å². The first kappa shape index (κ1) is 12.3. The highest BCUT2D eigenvalue weighted by Gasteiger charge is 2.21. The molecular weight excluding hydrogens is 249 g/mol. The number of nitrogens with one attached hydrogen (secondary N) is 1. The van der Waals surface area contributed by atoms with E-state index in [0.717, 1.165) is 12.1 Å². The highest BCUT2D eigenvalue weighted by molar-refractivity contribution is 5.54. The number of hydrogen-bond acceptors (Lipinski definition) is 5. The second kappa shape index (κ2) is 5.07. The number of benzene rings is 1. The monoisotopic (exact) mass is 263 g/mol. The maximum Gasteiger partial charge on any atom is 0.257 e. The van der Waals surface area contributed by atoms with Crippen LogP contribution in [0.15, 0.2) is 22.7 Å². The SMILES string of the molecule is Cc1cc(-c2nc(C3COCCN3)no2)ccc1F. The normalized spacial score (nSPS) is 19.6. The van der Waals surface area contributed by atoms with E-state index in [1.165, 1.54) is 6.07 Å². The molecule has 1 aromatic carbocycles. The summed E-state index contributed by atoms with van der Waals surface area (Å²) in [4.78, 5) is 4.33. The van der Waals surface area contributed by atoms with Crippen molar-refractivity contribution in [2.75, 3.05) is 19.8 Å². The number of halogens is 1. The molecule has 100 valence electrons. The summed E-state index contributed by atoms with van der Waals surface area (Å²) in [6.45, 7) is 3.69. The molecule has 2 heterocycles. The van der Waals surface area contributed by atoms with Gasteiger partial charge in [0.1, 0.15) is 5.82 Å². The van der Waals surface area contributed by atoms with Crippen LogP contribution < -0.4 is 5.32 Å². The van der Waals surface area contributed by atoms with Crippen molar-refractivity contribution in [1.82, 2.24) is 15.5 Å². The average Bonchev–Trinajstić information content (AvgIpc) is 2.93. The van der Waals surface area contributed by atoms with Crippen molar-refractivity contribution >= 4 is 0 Å². The van der Waals surface area contributed by atoms with Crippen LogP contribution in [0.4, 0.5) is 4.39 Å². The van der Waals surface area contributed by atoms with Gasteiger partial charge in [-0.1, -0.05) is 5.16 Å². The molecule has 1 N–H and O–H groups in total. The largest absolute Gasteiger partial charge is 0.378 e. The molecule has 0 radical (unpaired) electrons. The van der Waals surface area contributed by atoms with Crippen LogP contribution in [-0.2, 0) is 4.74 Å². The van der Waals surface area contributed by atoms with E-state index >= 15 is 0 Å². The van der Waals surface area contributed by atoms with Gasteiger partial charge in [-0.2, -0.15) is 4.98 Å². The van der Waals surface area contributed by atoms with Crippen LogP contribution in [0.1, 0.15) is 17.4 Å². The molecule has 0 saturated carbocycles. The molecule has 5 nitrogen and oxygen atoms in total. The van der Waals surface area contributed by atoms with Crippen molar-refractivity contribution in [3.8, 4) is 11.5 Å². The maximum absolute atomic E-state index is 13.2. The second-order valence-electron chi connectivity index (χ2n) is 4.50. The lowest BCUT2D eigenvalue weighted by atomic mass is 10.1. The van der Waals surface area contributed by atoms with Crippen LogP contribution in [0, 0.1) is 12.7 Å². The standard InChI is InChI=1S/C13H14FN3O2/c1-8-6-9(2-3-10(8)14)13-16-12(17-19-13)11-7-18-5-4-15-11/h2-3,6,11,15H,4-5,7H2,1H3. The summed E-state index contributed by atoms with van der Waals surface area (Å²) in [5.74, 6) is 0.716. The van der Waals surface area contributed by atoms with Crippen LogP contribution in [-0.4, -0.2) is 29.9 Å². The summed E-state index contributed by atoms with van der Waals surface area (Å²) in [7, 11) is 0. The number of morpholine rings is 1. The quantitative estimate of drug-likeness (QED) is 0.896. The Morgan fingerprint density at radius 2 is 2.32 bits per heavy atom. The first-order valence-electron chi connectivity index (χ1n) is 6.15. The Kier molecular flexibility index (Phi) is 3.27. The highest BCUT2D eigenvalue weighted by Crippen LogP contribution is 2.22. The summed E-state index contributed by atoms with van der Waals surface area (Å²) < 4.78 is 23.8. The average molecular weight is 263 g/mol. The lowest BCUT2D eigenvalue weighted by molar-refractivity contribution is 0.0734. The van der Waals surface area contributed by atoms with Crippen molar-refractivity contribution in [2.24, 2.45) is 0 Å². The van der Waals surface area contributed by atoms with Gasteiger partial charge in [-0.25, -0.2) is 4.39 Å². The number of aryl methyl sites for hydroxylation is 1. The molecule has 0 spiro atoms. The summed E-state index contributed by atoms with van der Waals surface area (Å²) in [6.07, 6.45) is 0. The van der Waals surface area contributed by atoms with E-state index in [1.54, 1.807) is 19.1 Å². The summed E-state index contributed by atoms with van der Waals surface area (Å²) in [5.41, 5.74) is 1.27. The topological polar surface area (TPSA) is 60.2 Å². The van der Waals surface area contributed by atoms with Crippen LogP contribution in [0.25, 0.3) is 11.5 Å². The maximum atomic E-state index is 13.2. The van der Waals surface area contributed by atoms with Gasteiger partial charge in [-0.05, 0) is 30.7 Å². The molecule has 1 aliphatic heterocycles. The van der Waals surface area contributed by atoms with Gasteiger partial charge in [0.2, 0.25) is 0 Å². The van der Waals surface area contributed by atoms with Crippen LogP contribution in [0.5, 0.6) is 0 Å². The first-order chi connectivity index (χ1) is 9.24. The Morgan fingerprint density at radius 1 is 1.42 bits per heavy atom. The van der Waals surface area contributed by atoms with E-state index in [2.05, 4.69) is 15.5 Å². The number of hydrogen-bond donors (Lipinski definition) is 1. The van der Waals surface area contributed by atoms with Crippen LogP contribution in [0.2, 0.25) is 0 Å². The smallest absolute Gasteiger partial charge is 0.257 e. The third kappa shape index (κ3) is 2.50. The summed E-state index contributed by atoms with van der Waals surface area (Å²) in [5, 5.41) is 7.20. The van der Waals surface area contributed by atoms with Gasteiger partial charge in [0.05, 0.1) is 19.3 Å². The van der Waals surface area contributed by atoms with E-state index in [1.807, 2.05) is 0 Å². The minimum Gasteiger partial charge on any atom is -0.378 e. The van der Waals surface area contributed by atoms with Crippen molar-refractivity contribution in [3.05, 3.63) is 35.4 Å². The van der Waals surface area contributed by atoms with Gasteiger partial charge in [-0.3, -0.25) is 0 Å². The molecule has 6 heteroatoms. The molecule has 1 unspecified atom stereocenters. The predicted octanol–water partition coefficient (Wildman–Crippen LogP) is 1.85.